The first kappa shape index (κ1) is 7.74. The minimum absolute atomic E-state index is 0.0510. The highest BCUT2D eigenvalue weighted by Gasteiger charge is 2.19. The number of benzene rings is 1. The minimum atomic E-state index is -0.133. The Labute approximate surface area is 71.4 Å². The van der Waals surface area contributed by atoms with E-state index < -0.39 is 0 Å². The van der Waals surface area contributed by atoms with Gasteiger partial charge < -0.3 is 5.73 Å². The molecule has 0 spiro atoms. The molecule has 1 aromatic rings. The maximum absolute atomic E-state index is 13.1. The van der Waals surface area contributed by atoms with Crippen molar-refractivity contribution in [3.63, 3.8) is 0 Å². The van der Waals surface area contributed by atoms with Crippen molar-refractivity contribution in [3.05, 3.63) is 34.6 Å². The first-order valence-electron chi connectivity index (χ1n) is 4.23. The number of fused-ring (bicyclic) bond motifs is 1. The second-order valence-electron chi connectivity index (χ2n) is 3.45. The molecule has 0 aliphatic heterocycles. The molecule has 1 aliphatic carbocycles. The molecule has 0 heterocycles. The van der Waals surface area contributed by atoms with E-state index in [1.807, 2.05) is 6.07 Å². The van der Waals surface area contributed by atoms with Crippen molar-refractivity contribution in [2.24, 2.45) is 5.73 Å². The topological polar surface area (TPSA) is 26.0 Å². The predicted octanol–water partition coefficient (Wildman–Crippen LogP) is 2.08. The van der Waals surface area contributed by atoms with Crippen LogP contribution in [0.2, 0.25) is 0 Å². The van der Waals surface area contributed by atoms with E-state index in [1.165, 1.54) is 5.56 Å². The van der Waals surface area contributed by atoms with Crippen LogP contribution in [0.1, 0.15) is 29.2 Å². The van der Waals surface area contributed by atoms with E-state index >= 15 is 0 Å². The number of nitrogens with two attached hydrogens (primary N) is 1. The Hall–Kier alpha value is -0.890. The number of hydrogen-bond acceptors (Lipinski definition) is 1. The fourth-order valence-electron chi connectivity index (χ4n) is 1.78. The van der Waals surface area contributed by atoms with Gasteiger partial charge in [0.05, 0.1) is 0 Å². The van der Waals surface area contributed by atoms with Crippen molar-refractivity contribution >= 4 is 0 Å². The van der Waals surface area contributed by atoms with Crippen LogP contribution in [0, 0.1) is 12.7 Å². The highest BCUT2D eigenvalue weighted by Crippen LogP contribution is 2.30. The lowest BCUT2D eigenvalue weighted by Gasteiger charge is -2.05. The second-order valence-corrected chi connectivity index (χ2v) is 3.45. The maximum Gasteiger partial charge on any atom is 0.126 e. The quantitative estimate of drug-likeness (QED) is 0.625. The molecule has 0 radical (unpaired) electrons. The first-order chi connectivity index (χ1) is 5.68. The highest BCUT2D eigenvalue weighted by atomic mass is 19.1. The molecule has 1 aliphatic rings. The lowest BCUT2D eigenvalue weighted by atomic mass is 10.1. The Balaban J connectivity index is 2.56. The van der Waals surface area contributed by atoms with E-state index in [0.717, 1.165) is 24.0 Å². The fourth-order valence-corrected chi connectivity index (χ4v) is 1.78. The van der Waals surface area contributed by atoms with Crippen LogP contribution >= 0.6 is 0 Å². The lowest BCUT2D eigenvalue weighted by Crippen LogP contribution is -2.05. The smallest absolute Gasteiger partial charge is 0.126 e. The summed E-state index contributed by atoms with van der Waals surface area (Å²) in [4.78, 5) is 0. The van der Waals surface area contributed by atoms with Gasteiger partial charge in [-0.25, -0.2) is 4.39 Å². The summed E-state index contributed by atoms with van der Waals surface area (Å²) in [7, 11) is 0. The molecule has 2 N–H and O–H groups in total. The SMILES string of the molecule is Cc1cc2c(cc1F)[C@@H](N)CC2. The molecule has 0 bridgehead atoms. The van der Waals surface area contributed by atoms with Crippen molar-refractivity contribution in [2.45, 2.75) is 25.8 Å². The number of halogens is 1. The largest absolute Gasteiger partial charge is 0.324 e. The normalized spacial score (nSPS) is 21.1. The van der Waals surface area contributed by atoms with Crippen LogP contribution < -0.4 is 5.73 Å². The molecule has 64 valence electrons. The first-order valence-corrected chi connectivity index (χ1v) is 4.23. The molecule has 1 nitrogen and oxygen atoms in total. The van der Waals surface area contributed by atoms with E-state index in [9.17, 15) is 4.39 Å². The zero-order valence-electron chi connectivity index (χ0n) is 7.10. The third-order valence-electron chi connectivity index (χ3n) is 2.54. The van der Waals surface area contributed by atoms with Crippen LogP contribution in [-0.4, -0.2) is 0 Å². The van der Waals surface area contributed by atoms with Crippen molar-refractivity contribution in [3.8, 4) is 0 Å². The third kappa shape index (κ3) is 1.03. The van der Waals surface area contributed by atoms with Gasteiger partial charge in [-0.3, -0.25) is 0 Å². The van der Waals surface area contributed by atoms with Gasteiger partial charge in [0.2, 0.25) is 0 Å². The molecule has 0 saturated carbocycles. The van der Waals surface area contributed by atoms with E-state index in [1.54, 1.807) is 13.0 Å². The van der Waals surface area contributed by atoms with Gasteiger partial charge in [0.1, 0.15) is 5.82 Å². The molecular formula is C10H12FN. The summed E-state index contributed by atoms with van der Waals surface area (Å²) < 4.78 is 13.1. The number of rotatable bonds is 0. The van der Waals surface area contributed by atoms with E-state index in [-0.39, 0.29) is 11.9 Å². The van der Waals surface area contributed by atoms with Crippen molar-refractivity contribution in [2.75, 3.05) is 0 Å². The van der Waals surface area contributed by atoms with Gasteiger partial charge in [-0.05, 0) is 42.5 Å². The summed E-state index contributed by atoms with van der Waals surface area (Å²) in [6, 6.07) is 3.55. The molecule has 2 rings (SSSR count). The van der Waals surface area contributed by atoms with Crippen LogP contribution in [-0.2, 0) is 6.42 Å². The van der Waals surface area contributed by atoms with Gasteiger partial charge in [0.15, 0.2) is 0 Å². The maximum atomic E-state index is 13.1. The molecular weight excluding hydrogens is 153 g/mol. The summed E-state index contributed by atoms with van der Waals surface area (Å²) in [5.74, 6) is -0.133. The van der Waals surface area contributed by atoms with E-state index in [2.05, 4.69) is 0 Å². The molecule has 1 atom stereocenters. The van der Waals surface area contributed by atoms with Crippen LogP contribution in [0.4, 0.5) is 4.39 Å². The van der Waals surface area contributed by atoms with Gasteiger partial charge in [0, 0.05) is 6.04 Å². The molecule has 0 saturated heterocycles. The Morgan fingerprint density at radius 2 is 2.25 bits per heavy atom. The Morgan fingerprint density at radius 1 is 1.50 bits per heavy atom. The summed E-state index contributed by atoms with van der Waals surface area (Å²) in [5, 5.41) is 0. The van der Waals surface area contributed by atoms with Gasteiger partial charge in [-0.15, -0.1) is 0 Å². The van der Waals surface area contributed by atoms with Crippen molar-refractivity contribution in [1.29, 1.82) is 0 Å². The Kier molecular flexibility index (Phi) is 1.65. The average Bonchev–Trinajstić information content (AvgIpc) is 2.35. The predicted molar refractivity (Wildman–Crippen MR) is 46.4 cm³/mol. The molecule has 0 aromatic heterocycles. The van der Waals surface area contributed by atoms with Crippen molar-refractivity contribution < 1.29 is 4.39 Å². The Bertz CT molecular complexity index is 320. The summed E-state index contributed by atoms with van der Waals surface area (Å²) in [6.07, 6.45) is 1.95. The lowest BCUT2D eigenvalue weighted by molar-refractivity contribution is 0.613. The van der Waals surface area contributed by atoms with Crippen LogP contribution in [0.15, 0.2) is 12.1 Å². The molecule has 0 amide bonds. The molecule has 0 fully saturated rings. The Morgan fingerprint density at radius 3 is 3.00 bits per heavy atom. The molecule has 0 unspecified atom stereocenters. The van der Waals surface area contributed by atoms with Crippen LogP contribution in [0.25, 0.3) is 0 Å². The highest BCUT2D eigenvalue weighted by molar-refractivity contribution is 5.38. The standard InChI is InChI=1S/C10H12FN/c1-6-4-7-2-3-10(12)8(7)5-9(6)11/h4-5,10H,2-3,12H2,1H3/t10-/m0/s1. The zero-order chi connectivity index (χ0) is 8.72. The molecule has 1 aromatic carbocycles. The second kappa shape index (κ2) is 2.56. The number of aryl methyl sites for hydroxylation is 2. The minimum Gasteiger partial charge on any atom is -0.324 e. The summed E-state index contributed by atoms with van der Waals surface area (Å²) >= 11 is 0. The van der Waals surface area contributed by atoms with E-state index in [0.29, 0.717) is 0 Å². The van der Waals surface area contributed by atoms with Gasteiger partial charge in [-0.2, -0.15) is 0 Å². The van der Waals surface area contributed by atoms with Crippen LogP contribution in [0.3, 0.4) is 0 Å². The molecule has 12 heavy (non-hydrogen) atoms. The summed E-state index contributed by atoms with van der Waals surface area (Å²) in [6.45, 7) is 1.79. The average molecular weight is 165 g/mol. The van der Waals surface area contributed by atoms with Crippen LogP contribution in [0.5, 0.6) is 0 Å². The van der Waals surface area contributed by atoms with Gasteiger partial charge in [-0.1, -0.05) is 6.07 Å². The van der Waals surface area contributed by atoms with Gasteiger partial charge >= 0.3 is 0 Å². The van der Waals surface area contributed by atoms with Gasteiger partial charge in [0.25, 0.3) is 0 Å². The number of hydrogen-bond donors (Lipinski definition) is 1. The third-order valence-corrected chi connectivity index (χ3v) is 2.54. The van der Waals surface area contributed by atoms with Crippen molar-refractivity contribution in [1.82, 2.24) is 0 Å². The molecule has 2 heteroatoms. The monoisotopic (exact) mass is 165 g/mol. The van der Waals surface area contributed by atoms with E-state index in [4.69, 9.17) is 5.73 Å². The zero-order valence-corrected chi connectivity index (χ0v) is 7.10. The fraction of sp³-hybridized carbons (Fsp3) is 0.400. The summed E-state index contributed by atoms with van der Waals surface area (Å²) in [5.41, 5.74) is 8.75.